The van der Waals surface area contributed by atoms with E-state index in [0.717, 1.165) is 45.6 Å². The minimum atomic E-state index is -0.0275. The van der Waals surface area contributed by atoms with Crippen LogP contribution >= 0.6 is 0 Å². The third-order valence-electron chi connectivity index (χ3n) is 5.66. The summed E-state index contributed by atoms with van der Waals surface area (Å²) < 4.78 is 5.51. The van der Waals surface area contributed by atoms with Crippen LogP contribution in [-0.2, 0) is 11.2 Å². The smallest absolute Gasteiger partial charge is 0.315 e. The van der Waals surface area contributed by atoms with Gasteiger partial charge in [0.2, 0.25) is 0 Å². The number of nitrogens with zero attached hydrogens (tertiary/aromatic N) is 1. The Morgan fingerprint density at radius 3 is 2.50 bits per heavy atom. The first kappa shape index (κ1) is 19.2. The molecule has 1 aliphatic carbocycles. The molecule has 1 aromatic carbocycles. The van der Waals surface area contributed by atoms with Crippen molar-refractivity contribution in [2.45, 2.75) is 57.5 Å². The number of amides is 2. The van der Waals surface area contributed by atoms with Gasteiger partial charge in [0, 0.05) is 25.7 Å². The number of urea groups is 1. The van der Waals surface area contributed by atoms with Crippen LogP contribution < -0.4 is 10.6 Å². The van der Waals surface area contributed by atoms with Gasteiger partial charge < -0.3 is 15.4 Å². The van der Waals surface area contributed by atoms with Crippen molar-refractivity contribution in [3.05, 3.63) is 35.4 Å². The quantitative estimate of drug-likeness (QED) is 0.820. The monoisotopic (exact) mass is 359 g/mol. The second kappa shape index (κ2) is 9.93. The second-order valence-corrected chi connectivity index (χ2v) is 7.45. The maximum atomic E-state index is 12.4. The van der Waals surface area contributed by atoms with E-state index in [4.69, 9.17) is 4.74 Å². The molecule has 1 aliphatic heterocycles. The molecule has 2 aliphatic rings. The molecule has 1 saturated heterocycles. The van der Waals surface area contributed by atoms with Crippen molar-refractivity contribution in [3.63, 3.8) is 0 Å². The van der Waals surface area contributed by atoms with Crippen LogP contribution in [0.5, 0.6) is 0 Å². The van der Waals surface area contributed by atoms with E-state index >= 15 is 0 Å². The summed E-state index contributed by atoms with van der Waals surface area (Å²) in [5, 5.41) is 6.28. The van der Waals surface area contributed by atoms with E-state index in [1.807, 2.05) is 0 Å². The maximum Gasteiger partial charge on any atom is 0.315 e. The van der Waals surface area contributed by atoms with Gasteiger partial charge in [-0.1, -0.05) is 50.5 Å². The lowest BCUT2D eigenvalue weighted by molar-refractivity contribution is 0.0167. The predicted octanol–water partition coefficient (Wildman–Crippen LogP) is 3.25. The minimum Gasteiger partial charge on any atom is -0.379 e. The molecule has 26 heavy (non-hydrogen) atoms. The molecule has 1 atom stereocenters. The average molecular weight is 360 g/mol. The van der Waals surface area contributed by atoms with Gasteiger partial charge in [-0.05, 0) is 30.4 Å². The molecule has 0 spiro atoms. The fraction of sp³-hybridized carbons (Fsp3) is 0.667. The van der Waals surface area contributed by atoms with Crippen LogP contribution in [0.3, 0.4) is 0 Å². The molecule has 1 saturated carbocycles. The molecule has 1 unspecified atom stereocenters. The molecule has 2 fully saturated rings. The van der Waals surface area contributed by atoms with E-state index in [9.17, 15) is 4.79 Å². The van der Waals surface area contributed by atoms with Crippen molar-refractivity contribution in [3.8, 4) is 0 Å². The van der Waals surface area contributed by atoms with E-state index < -0.39 is 0 Å². The van der Waals surface area contributed by atoms with Crippen LogP contribution in [-0.4, -0.2) is 49.8 Å². The summed E-state index contributed by atoms with van der Waals surface area (Å²) in [5.41, 5.74) is 2.61. The van der Waals surface area contributed by atoms with Crippen molar-refractivity contribution in [2.24, 2.45) is 0 Å². The SMILES string of the molecule is CCc1ccc(C(CNC(=O)NC2CCCCC2)N2CCOCC2)cc1. The van der Waals surface area contributed by atoms with Gasteiger partial charge in [-0.15, -0.1) is 0 Å². The highest BCUT2D eigenvalue weighted by Crippen LogP contribution is 2.22. The molecule has 2 amide bonds. The molecule has 144 valence electrons. The van der Waals surface area contributed by atoms with Crippen LogP contribution in [0.1, 0.15) is 56.2 Å². The van der Waals surface area contributed by atoms with Gasteiger partial charge in [-0.3, -0.25) is 4.90 Å². The Morgan fingerprint density at radius 2 is 1.85 bits per heavy atom. The minimum absolute atomic E-state index is 0.0275. The van der Waals surface area contributed by atoms with Crippen molar-refractivity contribution >= 4 is 6.03 Å². The van der Waals surface area contributed by atoms with Crippen LogP contribution in [0.2, 0.25) is 0 Å². The highest BCUT2D eigenvalue weighted by molar-refractivity contribution is 5.74. The average Bonchev–Trinajstić information content (AvgIpc) is 2.70. The topological polar surface area (TPSA) is 53.6 Å². The Morgan fingerprint density at radius 1 is 1.15 bits per heavy atom. The highest BCUT2D eigenvalue weighted by Gasteiger charge is 2.24. The first-order chi connectivity index (χ1) is 12.8. The lowest BCUT2D eigenvalue weighted by atomic mass is 9.96. The van der Waals surface area contributed by atoms with Gasteiger partial charge in [0.05, 0.1) is 19.3 Å². The molecule has 5 heteroatoms. The Kier molecular flexibility index (Phi) is 7.32. The standard InChI is InChI=1S/C21H33N3O2/c1-2-17-8-10-18(11-9-17)20(24-12-14-26-15-13-24)16-22-21(25)23-19-6-4-3-5-7-19/h8-11,19-20H,2-7,12-16H2,1H3,(H2,22,23,25). The summed E-state index contributed by atoms with van der Waals surface area (Å²) in [6.07, 6.45) is 7.02. The molecule has 0 radical (unpaired) electrons. The van der Waals surface area contributed by atoms with Crippen molar-refractivity contribution < 1.29 is 9.53 Å². The number of hydrogen-bond acceptors (Lipinski definition) is 3. The van der Waals surface area contributed by atoms with Crippen molar-refractivity contribution in [2.75, 3.05) is 32.8 Å². The summed E-state index contributed by atoms with van der Waals surface area (Å²) in [5.74, 6) is 0. The van der Waals surface area contributed by atoms with Gasteiger partial charge >= 0.3 is 6.03 Å². The number of morpholine rings is 1. The zero-order chi connectivity index (χ0) is 18.2. The van der Waals surface area contributed by atoms with E-state index in [1.165, 1.54) is 30.4 Å². The number of benzene rings is 1. The van der Waals surface area contributed by atoms with Crippen molar-refractivity contribution in [1.82, 2.24) is 15.5 Å². The van der Waals surface area contributed by atoms with Gasteiger partial charge in [0.25, 0.3) is 0 Å². The number of hydrogen-bond donors (Lipinski definition) is 2. The van der Waals surface area contributed by atoms with Crippen LogP contribution in [0.25, 0.3) is 0 Å². The van der Waals surface area contributed by atoms with Gasteiger partial charge in [0.1, 0.15) is 0 Å². The second-order valence-electron chi connectivity index (χ2n) is 7.45. The number of ether oxygens (including phenoxy) is 1. The van der Waals surface area contributed by atoms with Gasteiger partial charge in [-0.2, -0.15) is 0 Å². The molecular formula is C21H33N3O2. The van der Waals surface area contributed by atoms with Crippen molar-refractivity contribution in [1.29, 1.82) is 0 Å². The number of rotatable bonds is 6. The van der Waals surface area contributed by atoms with E-state index in [2.05, 4.69) is 46.7 Å². The lowest BCUT2D eigenvalue weighted by Crippen LogP contribution is -2.47. The Labute approximate surface area is 157 Å². The Bertz CT molecular complexity index is 549. The number of aryl methyl sites for hydroxylation is 1. The number of carbonyl (C=O) groups is 1. The molecule has 1 heterocycles. The molecule has 2 N–H and O–H groups in total. The van der Waals surface area contributed by atoms with Crippen LogP contribution in [0.4, 0.5) is 4.79 Å². The molecule has 1 aromatic rings. The summed E-state index contributed by atoms with van der Waals surface area (Å²) in [7, 11) is 0. The fourth-order valence-corrected chi connectivity index (χ4v) is 4.00. The lowest BCUT2D eigenvalue weighted by Gasteiger charge is -2.35. The summed E-state index contributed by atoms with van der Waals surface area (Å²) in [4.78, 5) is 14.8. The van der Waals surface area contributed by atoms with Crippen LogP contribution in [0.15, 0.2) is 24.3 Å². The molecule has 3 rings (SSSR count). The first-order valence-corrected chi connectivity index (χ1v) is 10.2. The number of carbonyl (C=O) groups excluding carboxylic acids is 1. The normalized spacial score (nSPS) is 20.5. The highest BCUT2D eigenvalue weighted by atomic mass is 16.5. The van der Waals surface area contributed by atoms with Gasteiger partial charge in [0.15, 0.2) is 0 Å². The van der Waals surface area contributed by atoms with Crippen LogP contribution in [0, 0.1) is 0 Å². The summed E-state index contributed by atoms with van der Waals surface area (Å²) in [6, 6.07) is 9.33. The molecule has 5 nitrogen and oxygen atoms in total. The molecule has 0 bridgehead atoms. The van der Waals surface area contributed by atoms with Gasteiger partial charge in [-0.25, -0.2) is 4.79 Å². The Hall–Kier alpha value is -1.59. The largest absolute Gasteiger partial charge is 0.379 e. The zero-order valence-electron chi connectivity index (χ0n) is 16.0. The third kappa shape index (κ3) is 5.45. The summed E-state index contributed by atoms with van der Waals surface area (Å²) in [6.45, 7) is 6.14. The first-order valence-electron chi connectivity index (χ1n) is 10.2. The Balaban J connectivity index is 1.59. The maximum absolute atomic E-state index is 12.4. The molecular weight excluding hydrogens is 326 g/mol. The molecule has 0 aromatic heterocycles. The fourth-order valence-electron chi connectivity index (χ4n) is 4.00. The third-order valence-corrected chi connectivity index (χ3v) is 5.66. The van der Waals surface area contributed by atoms with E-state index in [1.54, 1.807) is 0 Å². The summed E-state index contributed by atoms with van der Waals surface area (Å²) >= 11 is 0. The predicted molar refractivity (Wildman–Crippen MR) is 104 cm³/mol. The van der Waals surface area contributed by atoms with E-state index in [-0.39, 0.29) is 12.1 Å². The van der Waals surface area contributed by atoms with E-state index in [0.29, 0.717) is 12.6 Å². The number of nitrogens with one attached hydrogen (secondary N) is 2. The zero-order valence-corrected chi connectivity index (χ0v) is 16.0.